The van der Waals surface area contributed by atoms with Crippen molar-refractivity contribution in [1.82, 2.24) is 9.62 Å². The van der Waals surface area contributed by atoms with Gasteiger partial charge < -0.3 is 5.32 Å². The molecule has 0 aromatic heterocycles. The van der Waals surface area contributed by atoms with Crippen LogP contribution in [0.3, 0.4) is 0 Å². The number of aryl methyl sites for hydroxylation is 3. The van der Waals surface area contributed by atoms with Crippen LogP contribution < -0.4 is 5.32 Å². The SMILES string of the molecule is Cc1cc(C)c(S(=O)(=O)N(CC(=O)NCc2ccccc2)Cc2ccccc2)c(C)c1. The maximum Gasteiger partial charge on any atom is 0.244 e. The first-order valence-electron chi connectivity index (χ1n) is 10.2. The molecule has 0 aliphatic carbocycles. The van der Waals surface area contributed by atoms with Crippen LogP contribution in [0.4, 0.5) is 0 Å². The Morgan fingerprint density at radius 2 is 1.35 bits per heavy atom. The van der Waals surface area contributed by atoms with E-state index in [1.54, 1.807) is 13.8 Å². The molecular weight excluding hydrogens is 408 g/mol. The summed E-state index contributed by atoms with van der Waals surface area (Å²) in [6, 6.07) is 22.6. The Balaban J connectivity index is 1.88. The first-order valence-corrected chi connectivity index (χ1v) is 11.6. The van der Waals surface area contributed by atoms with Gasteiger partial charge in [-0.1, -0.05) is 78.4 Å². The second-order valence-electron chi connectivity index (χ2n) is 7.75. The molecule has 3 aromatic rings. The molecule has 0 aliphatic rings. The van der Waals surface area contributed by atoms with Gasteiger partial charge in [-0.2, -0.15) is 4.31 Å². The number of nitrogens with one attached hydrogen (secondary N) is 1. The highest BCUT2D eigenvalue weighted by Crippen LogP contribution is 2.26. The van der Waals surface area contributed by atoms with E-state index >= 15 is 0 Å². The monoisotopic (exact) mass is 436 g/mol. The lowest BCUT2D eigenvalue weighted by Gasteiger charge is -2.24. The summed E-state index contributed by atoms with van der Waals surface area (Å²) in [5.41, 5.74) is 4.15. The number of hydrogen-bond acceptors (Lipinski definition) is 3. The molecule has 162 valence electrons. The fourth-order valence-corrected chi connectivity index (χ4v) is 5.52. The predicted molar refractivity (Wildman–Crippen MR) is 123 cm³/mol. The molecule has 0 atom stereocenters. The molecule has 0 unspecified atom stereocenters. The van der Waals surface area contributed by atoms with Gasteiger partial charge in [0.15, 0.2) is 0 Å². The maximum atomic E-state index is 13.6. The third-order valence-corrected chi connectivity index (χ3v) is 7.15. The normalized spacial score (nSPS) is 11.5. The summed E-state index contributed by atoms with van der Waals surface area (Å²) in [6.07, 6.45) is 0. The largest absolute Gasteiger partial charge is 0.351 e. The molecular formula is C25H28N2O3S. The van der Waals surface area contributed by atoms with Crippen LogP contribution in [0.5, 0.6) is 0 Å². The molecule has 3 rings (SSSR count). The summed E-state index contributed by atoms with van der Waals surface area (Å²) in [5, 5.41) is 2.83. The van der Waals surface area contributed by atoms with Crippen LogP contribution in [0.25, 0.3) is 0 Å². The fourth-order valence-electron chi connectivity index (χ4n) is 3.73. The Morgan fingerprint density at radius 3 is 1.90 bits per heavy atom. The van der Waals surface area contributed by atoms with Crippen LogP contribution in [0.2, 0.25) is 0 Å². The Labute approximate surface area is 184 Å². The summed E-state index contributed by atoms with van der Waals surface area (Å²) in [7, 11) is -3.88. The van der Waals surface area contributed by atoms with Crippen LogP contribution in [0.1, 0.15) is 27.8 Å². The van der Waals surface area contributed by atoms with Gasteiger partial charge in [-0.15, -0.1) is 0 Å². The topological polar surface area (TPSA) is 66.5 Å². The quantitative estimate of drug-likeness (QED) is 0.578. The van der Waals surface area contributed by atoms with E-state index in [1.165, 1.54) is 4.31 Å². The van der Waals surface area contributed by atoms with Crippen molar-refractivity contribution in [2.24, 2.45) is 0 Å². The summed E-state index contributed by atoms with van der Waals surface area (Å²) >= 11 is 0. The molecule has 6 heteroatoms. The molecule has 0 bridgehead atoms. The van der Waals surface area contributed by atoms with Crippen LogP contribution in [-0.4, -0.2) is 25.2 Å². The Bertz CT molecular complexity index is 1120. The van der Waals surface area contributed by atoms with Crippen LogP contribution in [-0.2, 0) is 27.9 Å². The number of hydrogen-bond donors (Lipinski definition) is 1. The Hall–Kier alpha value is -2.96. The van der Waals surface area contributed by atoms with Crippen molar-refractivity contribution in [3.8, 4) is 0 Å². The van der Waals surface area contributed by atoms with Gasteiger partial charge in [-0.3, -0.25) is 4.79 Å². The lowest BCUT2D eigenvalue weighted by atomic mass is 10.1. The highest BCUT2D eigenvalue weighted by molar-refractivity contribution is 7.89. The van der Waals surface area contributed by atoms with E-state index in [0.29, 0.717) is 17.7 Å². The number of amides is 1. The third kappa shape index (κ3) is 5.81. The zero-order valence-corrected chi connectivity index (χ0v) is 18.9. The average Bonchev–Trinajstić information content (AvgIpc) is 2.72. The van der Waals surface area contributed by atoms with Gasteiger partial charge in [-0.05, 0) is 43.0 Å². The summed E-state index contributed by atoms with van der Waals surface area (Å²) in [5.74, 6) is -0.342. The zero-order valence-electron chi connectivity index (χ0n) is 18.1. The molecule has 0 fully saturated rings. The predicted octanol–water partition coefficient (Wildman–Crippen LogP) is 4.12. The highest BCUT2D eigenvalue weighted by Gasteiger charge is 2.29. The average molecular weight is 437 g/mol. The van der Waals surface area contributed by atoms with Gasteiger partial charge in [0.05, 0.1) is 11.4 Å². The van der Waals surface area contributed by atoms with Crippen molar-refractivity contribution in [2.75, 3.05) is 6.54 Å². The highest BCUT2D eigenvalue weighted by atomic mass is 32.2. The first kappa shape index (κ1) is 22.7. The molecule has 0 saturated heterocycles. The minimum Gasteiger partial charge on any atom is -0.351 e. The van der Waals surface area contributed by atoms with Crippen LogP contribution in [0, 0.1) is 20.8 Å². The summed E-state index contributed by atoms with van der Waals surface area (Å²) in [6.45, 7) is 5.74. The molecule has 0 heterocycles. The minimum atomic E-state index is -3.88. The van der Waals surface area contributed by atoms with E-state index in [2.05, 4.69) is 5.32 Å². The molecule has 1 N–H and O–H groups in total. The molecule has 0 radical (unpaired) electrons. The van der Waals surface area contributed by atoms with Crippen molar-refractivity contribution < 1.29 is 13.2 Å². The van der Waals surface area contributed by atoms with Crippen molar-refractivity contribution >= 4 is 15.9 Å². The summed E-state index contributed by atoms with van der Waals surface area (Å²) < 4.78 is 28.5. The van der Waals surface area contributed by atoms with E-state index in [0.717, 1.165) is 16.7 Å². The smallest absolute Gasteiger partial charge is 0.244 e. The molecule has 5 nitrogen and oxygen atoms in total. The van der Waals surface area contributed by atoms with Gasteiger partial charge in [0.2, 0.25) is 15.9 Å². The zero-order chi connectivity index (χ0) is 22.4. The minimum absolute atomic E-state index is 0.120. The first-order chi connectivity index (χ1) is 14.8. The van der Waals surface area contributed by atoms with E-state index in [-0.39, 0.29) is 23.9 Å². The van der Waals surface area contributed by atoms with Crippen LogP contribution in [0.15, 0.2) is 77.7 Å². The number of benzene rings is 3. The summed E-state index contributed by atoms with van der Waals surface area (Å²) in [4.78, 5) is 13.0. The van der Waals surface area contributed by atoms with Crippen LogP contribution >= 0.6 is 0 Å². The lowest BCUT2D eigenvalue weighted by molar-refractivity contribution is -0.121. The number of nitrogens with zero attached hydrogens (tertiary/aromatic N) is 1. The van der Waals surface area contributed by atoms with Crippen molar-refractivity contribution in [3.63, 3.8) is 0 Å². The second kappa shape index (κ2) is 9.90. The number of carbonyl (C=O) groups is 1. The fraction of sp³-hybridized carbons (Fsp3) is 0.240. The lowest BCUT2D eigenvalue weighted by Crippen LogP contribution is -2.40. The van der Waals surface area contributed by atoms with Gasteiger partial charge in [0, 0.05) is 13.1 Å². The van der Waals surface area contributed by atoms with Crippen molar-refractivity contribution in [1.29, 1.82) is 0 Å². The Kier molecular flexibility index (Phi) is 7.25. The molecule has 0 aliphatic heterocycles. The molecule has 0 spiro atoms. The van der Waals surface area contributed by atoms with Gasteiger partial charge in [0.1, 0.15) is 0 Å². The van der Waals surface area contributed by atoms with Crippen molar-refractivity contribution in [2.45, 2.75) is 38.8 Å². The molecule has 3 aromatic carbocycles. The van der Waals surface area contributed by atoms with E-state index in [9.17, 15) is 13.2 Å². The van der Waals surface area contributed by atoms with Gasteiger partial charge in [-0.25, -0.2) is 8.42 Å². The number of carbonyl (C=O) groups excluding carboxylic acids is 1. The maximum absolute atomic E-state index is 13.6. The number of rotatable bonds is 8. The molecule has 0 saturated carbocycles. The van der Waals surface area contributed by atoms with E-state index < -0.39 is 10.0 Å². The standard InChI is InChI=1S/C25H28N2O3S/c1-19-14-20(2)25(21(3)15-19)31(29,30)27(17-23-12-8-5-9-13-23)18-24(28)26-16-22-10-6-4-7-11-22/h4-15H,16-18H2,1-3H3,(H,26,28). The third-order valence-electron chi connectivity index (χ3n) is 5.06. The molecule has 31 heavy (non-hydrogen) atoms. The van der Waals surface area contributed by atoms with Gasteiger partial charge in [0.25, 0.3) is 0 Å². The van der Waals surface area contributed by atoms with Gasteiger partial charge >= 0.3 is 0 Å². The van der Waals surface area contributed by atoms with E-state index in [4.69, 9.17) is 0 Å². The number of sulfonamides is 1. The Morgan fingerprint density at radius 1 is 0.839 bits per heavy atom. The van der Waals surface area contributed by atoms with E-state index in [1.807, 2.05) is 79.7 Å². The second-order valence-corrected chi connectivity index (χ2v) is 9.62. The van der Waals surface area contributed by atoms with Crippen molar-refractivity contribution in [3.05, 3.63) is 101 Å². The molecule has 1 amide bonds.